The Bertz CT molecular complexity index is 290. The summed E-state index contributed by atoms with van der Waals surface area (Å²) in [6.07, 6.45) is 4.16. The lowest BCUT2D eigenvalue weighted by molar-refractivity contribution is 0.346. The Morgan fingerprint density at radius 3 is 2.54 bits per heavy atom. The van der Waals surface area contributed by atoms with E-state index in [1.54, 1.807) is 12.3 Å². The van der Waals surface area contributed by atoms with Gasteiger partial charge in [-0.3, -0.25) is 0 Å². The van der Waals surface area contributed by atoms with Crippen molar-refractivity contribution in [2.24, 2.45) is 5.84 Å². The second kappa shape index (κ2) is 3.25. The van der Waals surface area contributed by atoms with Gasteiger partial charge in [0.2, 0.25) is 0 Å². The van der Waals surface area contributed by atoms with E-state index in [0.717, 1.165) is 18.8 Å². The standard InChI is InChI=1S/C9H13ClN3/c10-9-4-3-8(7-12-9)13(11)5-1-2-6-13/h3-4,7H,1-2,5-6,11H2/q+1. The van der Waals surface area contributed by atoms with Crippen LogP contribution in [0.15, 0.2) is 18.3 Å². The maximum Gasteiger partial charge on any atom is 0.170 e. The lowest BCUT2D eigenvalue weighted by Gasteiger charge is -2.26. The average molecular weight is 199 g/mol. The Balaban J connectivity index is 2.29. The van der Waals surface area contributed by atoms with Gasteiger partial charge in [-0.15, -0.1) is 0 Å². The van der Waals surface area contributed by atoms with Crippen molar-refractivity contribution in [3.05, 3.63) is 23.5 Å². The number of rotatable bonds is 1. The fourth-order valence-corrected chi connectivity index (χ4v) is 1.90. The molecule has 0 spiro atoms. The maximum absolute atomic E-state index is 6.18. The summed E-state index contributed by atoms with van der Waals surface area (Å²) in [6, 6.07) is 3.75. The lowest BCUT2D eigenvalue weighted by Crippen LogP contribution is -2.53. The number of hydrogen-bond donors (Lipinski definition) is 1. The maximum atomic E-state index is 6.18. The Morgan fingerprint density at radius 2 is 2.00 bits per heavy atom. The van der Waals surface area contributed by atoms with Crippen LogP contribution in [0.25, 0.3) is 0 Å². The van der Waals surface area contributed by atoms with Gasteiger partial charge in [0.15, 0.2) is 5.69 Å². The quantitative estimate of drug-likeness (QED) is 0.424. The zero-order valence-corrected chi connectivity index (χ0v) is 8.17. The van der Waals surface area contributed by atoms with Crippen molar-refractivity contribution in [1.82, 2.24) is 9.58 Å². The number of halogens is 1. The van der Waals surface area contributed by atoms with Crippen molar-refractivity contribution < 1.29 is 0 Å². The second-order valence-electron chi connectivity index (χ2n) is 3.53. The summed E-state index contributed by atoms with van der Waals surface area (Å²) in [5.41, 5.74) is 1.06. The van der Waals surface area contributed by atoms with Gasteiger partial charge >= 0.3 is 0 Å². The SMILES string of the molecule is N[N+]1(c2ccc(Cl)nc2)CCCC1. The number of quaternary nitrogens is 1. The van der Waals surface area contributed by atoms with Gasteiger partial charge in [0.1, 0.15) is 18.2 Å². The minimum Gasteiger partial charge on any atom is -0.238 e. The van der Waals surface area contributed by atoms with E-state index in [1.807, 2.05) is 6.07 Å². The summed E-state index contributed by atoms with van der Waals surface area (Å²) in [4.78, 5) is 4.04. The highest BCUT2D eigenvalue weighted by molar-refractivity contribution is 6.29. The lowest BCUT2D eigenvalue weighted by atomic mass is 10.3. The third-order valence-corrected chi connectivity index (χ3v) is 2.81. The van der Waals surface area contributed by atoms with Crippen molar-refractivity contribution >= 4 is 17.3 Å². The first-order valence-electron chi connectivity index (χ1n) is 4.48. The minimum atomic E-state index is 0.518. The van der Waals surface area contributed by atoms with E-state index >= 15 is 0 Å². The van der Waals surface area contributed by atoms with E-state index in [1.165, 1.54) is 12.8 Å². The number of nitrogens with zero attached hydrogens (tertiary/aromatic N) is 2. The summed E-state index contributed by atoms with van der Waals surface area (Å²) in [5, 5.41) is 0.523. The van der Waals surface area contributed by atoms with Crippen molar-refractivity contribution in [2.45, 2.75) is 12.8 Å². The third-order valence-electron chi connectivity index (χ3n) is 2.59. The molecule has 0 aliphatic carbocycles. The van der Waals surface area contributed by atoms with Crippen LogP contribution in [0.3, 0.4) is 0 Å². The van der Waals surface area contributed by atoms with Crippen LogP contribution >= 0.6 is 11.6 Å². The molecule has 1 aromatic heterocycles. The van der Waals surface area contributed by atoms with Crippen LogP contribution in [0, 0.1) is 0 Å². The average Bonchev–Trinajstić information content (AvgIpc) is 2.54. The number of pyridine rings is 1. The van der Waals surface area contributed by atoms with Crippen molar-refractivity contribution in [1.29, 1.82) is 0 Å². The van der Waals surface area contributed by atoms with Gasteiger partial charge in [-0.1, -0.05) is 11.6 Å². The van der Waals surface area contributed by atoms with E-state index in [0.29, 0.717) is 9.75 Å². The summed E-state index contributed by atoms with van der Waals surface area (Å²) in [5.74, 6) is 6.18. The van der Waals surface area contributed by atoms with Gasteiger partial charge in [-0.05, 0) is 6.07 Å². The largest absolute Gasteiger partial charge is 0.238 e. The molecule has 0 unspecified atom stereocenters. The van der Waals surface area contributed by atoms with Gasteiger partial charge in [0.25, 0.3) is 0 Å². The van der Waals surface area contributed by atoms with Crippen LogP contribution in [0.1, 0.15) is 12.8 Å². The molecule has 0 radical (unpaired) electrons. The molecule has 0 bridgehead atoms. The smallest absolute Gasteiger partial charge is 0.170 e. The molecule has 0 aromatic carbocycles. The van der Waals surface area contributed by atoms with Crippen LogP contribution in [0.5, 0.6) is 0 Å². The molecular weight excluding hydrogens is 186 g/mol. The van der Waals surface area contributed by atoms with Crippen LogP contribution in [0.4, 0.5) is 5.69 Å². The zero-order chi connectivity index (χ0) is 9.31. The first-order valence-corrected chi connectivity index (χ1v) is 4.86. The molecule has 1 aliphatic heterocycles. The van der Waals surface area contributed by atoms with E-state index in [-0.39, 0.29) is 0 Å². The van der Waals surface area contributed by atoms with Crippen molar-refractivity contribution in [2.75, 3.05) is 13.1 Å². The van der Waals surface area contributed by atoms with Gasteiger partial charge in [-0.25, -0.2) is 9.58 Å². The topological polar surface area (TPSA) is 38.9 Å². The second-order valence-corrected chi connectivity index (χ2v) is 3.91. The molecule has 1 aromatic rings. The molecular formula is C9H13ClN3+. The fraction of sp³-hybridized carbons (Fsp3) is 0.444. The Hall–Kier alpha value is -0.640. The summed E-state index contributed by atoms with van der Waals surface area (Å²) in [7, 11) is 0. The number of aromatic nitrogens is 1. The van der Waals surface area contributed by atoms with Gasteiger partial charge in [-0.2, -0.15) is 5.84 Å². The Morgan fingerprint density at radius 1 is 1.31 bits per heavy atom. The zero-order valence-electron chi connectivity index (χ0n) is 7.41. The first-order chi connectivity index (χ1) is 6.21. The van der Waals surface area contributed by atoms with Crippen LogP contribution in [0.2, 0.25) is 5.15 Å². The summed E-state index contributed by atoms with van der Waals surface area (Å²) < 4.78 is 0.518. The van der Waals surface area contributed by atoms with Crippen molar-refractivity contribution in [3.63, 3.8) is 0 Å². The number of hydrogen-bond acceptors (Lipinski definition) is 2. The molecule has 1 fully saturated rings. The van der Waals surface area contributed by atoms with Gasteiger partial charge in [0, 0.05) is 18.9 Å². The molecule has 2 heterocycles. The van der Waals surface area contributed by atoms with Gasteiger partial charge < -0.3 is 0 Å². The van der Waals surface area contributed by atoms with E-state index in [2.05, 4.69) is 4.98 Å². The predicted octanol–water partition coefficient (Wildman–Crippen LogP) is 1.71. The summed E-state index contributed by atoms with van der Waals surface area (Å²) >= 11 is 5.70. The van der Waals surface area contributed by atoms with Crippen molar-refractivity contribution in [3.8, 4) is 0 Å². The highest BCUT2D eigenvalue weighted by Crippen LogP contribution is 2.24. The molecule has 70 valence electrons. The third kappa shape index (κ3) is 1.68. The monoisotopic (exact) mass is 198 g/mol. The van der Waals surface area contributed by atoms with Crippen LogP contribution in [-0.4, -0.2) is 18.1 Å². The van der Waals surface area contributed by atoms with E-state index in [4.69, 9.17) is 17.4 Å². The normalized spacial score (nSPS) is 20.5. The Labute approximate surface area is 82.7 Å². The predicted molar refractivity (Wildman–Crippen MR) is 54.2 cm³/mol. The molecule has 0 atom stereocenters. The minimum absolute atomic E-state index is 0.518. The first kappa shape index (κ1) is 8.94. The molecule has 2 N–H and O–H groups in total. The van der Waals surface area contributed by atoms with Crippen LogP contribution < -0.4 is 10.4 Å². The number of nitrogens with two attached hydrogens (primary N) is 1. The highest BCUT2D eigenvalue weighted by atomic mass is 35.5. The molecule has 3 nitrogen and oxygen atoms in total. The Kier molecular flexibility index (Phi) is 2.24. The molecule has 1 aliphatic rings. The van der Waals surface area contributed by atoms with Gasteiger partial charge in [0.05, 0.1) is 6.20 Å². The summed E-state index contributed by atoms with van der Waals surface area (Å²) in [6.45, 7) is 2.01. The van der Waals surface area contributed by atoms with Crippen LogP contribution in [-0.2, 0) is 0 Å². The molecule has 1 saturated heterocycles. The molecule has 0 saturated carbocycles. The highest BCUT2D eigenvalue weighted by Gasteiger charge is 2.31. The molecule has 13 heavy (non-hydrogen) atoms. The molecule has 4 heteroatoms. The molecule has 0 amide bonds. The molecule has 2 rings (SSSR count). The van der Waals surface area contributed by atoms with E-state index in [9.17, 15) is 0 Å². The fourth-order valence-electron chi connectivity index (χ4n) is 1.79. The van der Waals surface area contributed by atoms with E-state index < -0.39 is 0 Å².